The van der Waals surface area contributed by atoms with Crippen molar-refractivity contribution < 1.29 is 19.1 Å². The average Bonchev–Trinajstić information content (AvgIpc) is 3.12. The highest BCUT2D eigenvalue weighted by molar-refractivity contribution is 5.87. The van der Waals surface area contributed by atoms with Gasteiger partial charge in [0, 0.05) is 31.1 Å². The number of carbonyl (C=O) groups excluding carboxylic acids is 3. The van der Waals surface area contributed by atoms with Gasteiger partial charge in [0.05, 0.1) is 12.6 Å². The molecule has 174 valence electrons. The zero-order valence-electron chi connectivity index (χ0n) is 20.0. The minimum absolute atomic E-state index is 0.0222. The Morgan fingerprint density at radius 2 is 1.84 bits per heavy atom. The molecule has 0 spiro atoms. The fourth-order valence-corrected chi connectivity index (χ4v) is 4.03. The standard InChI is InChI=1S/C23H38N4O4/c1-8-31-22(30)19-14-20(23(5,6)7)27(25-19)17-9-11-26(12-10-17)21(29)18(13-15(2)3)24-16(4)28/h14-15,17-18H,8-13H2,1-7H3,(H,24,28)/t18-/m0/s1. The van der Waals surface area contributed by atoms with Crippen molar-refractivity contribution in [3.8, 4) is 0 Å². The molecule has 1 aliphatic rings. The molecule has 1 aromatic heterocycles. The van der Waals surface area contributed by atoms with E-state index in [9.17, 15) is 14.4 Å². The van der Waals surface area contributed by atoms with E-state index in [0.29, 0.717) is 37.7 Å². The van der Waals surface area contributed by atoms with E-state index in [-0.39, 0.29) is 23.3 Å². The van der Waals surface area contributed by atoms with Crippen LogP contribution in [-0.2, 0) is 19.7 Å². The van der Waals surface area contributed by atoms with Crippen LogP contribution in [0.3, 0.4) is 0 Å². The summed E-state index contributed by atoms with van der Waals surface area (Å²) in [6, 6.07) is 1.44. The number of aromatic nitrogens is 2. The lowest BCUT2D eigenvalue weighted by molar-refractivity contribution is -0.137. The van der Waals surface area contributed by atoms with Gasteiger partial charge < -0.3 is 15.0 Å². The number of ether oxygens (including phenoxy) is 1. The summed E-state index contributed by atoms with van der Waals surface area (Å²) in [5, 5.41) is 7.39. The van der Waals surface area contributed by atoms with Gasteiger partial charge in [-0.15, -0.1) is 0 Å². The number of esters is 1. The Hall–Kier alpha value is -2.38. The van der Waals surface area contributed by atoms with Gasteiger partial charge in [-0.05, 0) is 38.2 Å². The Labute approximate surface area is 185 Å². The third-order valence-corrected chi connectivity index (χ3v) is 5.49. The molecular weight excluding hydrogens is 396 g/mol. The molecule has 1 aliphatic heterocycles. The van der Waals surface area contributed by atoms with Gasteiger partial charge in [0.15, 0.2) is 5.69 Å². The Morgan fingerprint density at radius 1 is 1.23 bits per heavy atom. The summed E-state index contributed by atoms with van der Waals surface area (Å²) in [4.78, 5) is 38.7. The molecule has 2 heterocycles. The molecule has 1 N–H and O–H groups in total. The maximum Gasteiger partial charge on any atom is 0.358 e. The molecule has 1 aromatic rings. The number of piperidine rings is 1. The van der Waals surface area contributed by atoms with Gasteiger partial charge in [-0.25, -0.2) is 4.79 Å². The number of amides is 2. The van der Waals surface area contributed by atoms with Crippen molar-refractivity contribution >= 4 is 17.8 Å². The molecule has 0 aromatic carbocycles. The monoisotopic (exact) mass is 434 g/mol. The van der Waals surface area contributed by atoms with Crippen LogP contribution in [0.15, 0.2) is 6.07 Å². The zero-order valence-corrected chi connectivity index (χ0v) is 20.0. The predicted molar refractivity (Wildman–Crippen MR) is 119 cm³/mol. The number of nitrogens with zero attached hydrogens (tertiary/aromatic N) is 3. The first-order valence-corrected chi connectivity index (χ1v) is 11.3. The number of rotatable bonds is 7. The molecule has 8 heteroatoms. The Bertz CT molecular complexity index is 786. The lowest BCUT2D eigenvalue weighted by Gasteiger charge is -2.36. The predicted octanol–water partition coefficient (Wildman–Crippen LogP) is 3.07. The van der Waals surface area contributed by atoms with Crippen molar-refractivity contribution in [2.75, 3.05) is 19.7 Å². The second-order valence-corrected chi connectivity index (χ2v) is 9.77. The average molecular weight is 435 g/mol. The van der Waals surface area contributed by atoms with Gasteiger partial charge in [0.1, 0.15) is 6.04 Å². The SMILES string of the molecule is CCOC(=O)c1cc(C(C)(C)C)n(C2CCN(C(=O)[C@H](CC(C)C)NC(C)=O)CC2)n1. The summed E-state index contributed by atoms with van der Waals surface area (Å²) in [5.74, 6) is -0.318. The highest BCUT2D eigenvalue weighted by Crippen LogP contribution is 2.31. The molecule has 31 heavy (non-hydrogen) atoms. The van der Waals surface area contributed by atoms with E-state index in [0.717, 1.165) is 18.5 Å². The van der Waals surface area contributed by atoms with Crippen LogP contribution >= 0.6 is 0 Å². The molecule has 2 rings (SSSR count). The highest BCUT2D eigenvalue weighted by atomic mass is 16.5. The molecule has 1 atom stereocenters. The van der Waals surface area contributed by atoms with Crippen LogP contribution in [0.5, 0.6) is 0 Å². The second kappa shape index (κ2) is 10.3. The minimum atomic E-state index is -0.487. The van der Waals surface area contributed by atoms with Crippen LogP contribution in [0.25, 0.3) is 0 Å². The molecule has 2 amide bonds. The fraction of sp³-hybridized carbons (Fsp3) is 0.739. The van der Waals surface area contributed by atoms with E-state index in [1.807, 2.05) is 29.5 Å². The largest absolute Gasteiger partial charge is 0.461 e. The second-order valence-electron chi connectivity index (χ2n) is 9.77. The molecule has 0 aliphatic carbocycles. The lowest BCUT2D eigenvalue weighted by atomic mass is 9.91. The first-order chi connectivity index (χ1) is 14.4. The van der Waals surface area contributed by atoms with Crippen molar-refractivity contribution in [2.45, 2.75) is 85.2 Å². The molecule has 8 nitrogen and oxygen atoms in total. The number of likely N-dealkylation sites (tertiary alicyclic amines) is 1. The smallest absolute Gasteiger partial charge is 0.358 e. The zero-order chi connectivity index (χ0) is 23.3. The Kier molecular flexibility index (Phi) is 8.26. The van der Waals surface area contributed by atoms with Gasteiger partial charge in [-0.1, -0.05) is 34.6 Å². The van der Waals surface area contributed by atoms with Crippen molar-refractivity contribution in [1.29, 1.82) is 0 Å². The maximum absolute atomic E-state index is 13.0. The maximum atomic E-state index is 13.0. The summed E-state index contributed by atoms with van der Waals surface area (Å²) in [6.45, 7) is 15.1. The number of nitrogens with one attached hydrogen (secondary N) is 1. The molecule has 0 unspecified atom stereocenters. The first-order valence-electron chi connectivity index (χ1n) is 11.3. The van der Waals surface area contributed by atoms with E-state index in [1.165, 1.54) is 6.92 Å². The van der Waals surface area contributed by atoms with Crippen molar-refractivity contribution in [1.82, 2.24) is 20.0 Å². The topological polar surface area (TPSA) is 93.5 Å². The van der Waals surface area contributed by atoms with Gasteiger partial charge in [-0.2, -0.15) is 5.10 Å². The Morgan fingerprint density at radius 3 is 2.32 bits per heavy atom. The van der Waals surface area contributed by atoms with Gasteiger partial charge in [-0.3, -0.25) is 14.3 Å². The third-order valence-electron chi connectivity index (χ3n) is 5.49. The van der Waals surface area contributed by atoms with Crippen molar-refractivity contribution in [3.63, 3.8) is 0 Å². The van der Waals surface area contributed by atoms with E-state index >= 15 is 0 Å². The van der Waals surface area contributed by atoms with Gasteiger partial charge >= 0.3 is 5.97 Å². The van der Waals surface area contributed by atoms with Crippen LogP contribution in [0.1, 0.15) is 90.0 Å². The molecule has 1 saturated heterocycles. The van der Waals surface area contributed by atoms with Crippen molar-refractivity contribution in [2.24, 2.45) is 5.92 Å². The summed E-state index contributed by atoms with van der Waals surface area (Å²) < 4.78 is 7.08. The van der Waals surface area contributed by atoms with Crippen LogP contribution in [-0.4, -0.2) is 58.2 Å². The number of hydrogen-bond acceptors (Lipinski definition) is 5. The molecule has 0 radical (unpaired) electrons. The summed E-state index contributed by atoms with van der Waals surface area (Å²) in [5.41, 5.74) is 1.13. The third kappa shape index (κ3) is 6.55. The summed E-state index contributed by atoms with van der Waals surface area (Å²) >= 11 is 0. The summed E-state index contributed by atoms with van der Waals surface area (Å²) in [6.07, 6.45) is 2.11. The van der Waals surface area contributed by atoms with Crippen LogP contribution in [0.2, 0.25) is 0 Å². The molecule has 0 saturated carbocycles. The lowest BCUT2D eigenvalue weighted by Crippen LogP contribution is -2.51. The van der Waals surface area contributed by atoms with Crippen LogP contribution in [0, 0.1) is 5.92 Å². The summed E-state index contributed by atoms with van der Waals surface area (Å²) in [7, 11) is 0. The first kappa shape index (κ1) is 24.9. The number of hydrogen-bond donors (Lipinski definition) is 1. The van der Waals surface area contributed by atoms with Crippen LogP contribution in [0.4, 0.5) is 0 Å². The Balaban J connectivity index is 2.15. The van der Waals surface area contributed by atoms with E-state index in [1.54, 1.807) is 6.92 Å². The molecule has 1 fully saturated rings. The van der Waals surface area contributed by atoms with Crippen LogP contribution < -0.4 is 5.32 Å². The highest BCUT2D eigenvalue weighted by Gasteiger charge is 2.33. The van der Waals surface area contributed by atoms with E-state index in [4.69, 9.17) is 4.74 Å². The quantitative estimate of drug-likeness (QED) is 0.666. The van der Waals surface area contributed by atoms with E-state index < -0.39 is 12.0 Å². The fourth-order valence-electron chi connectivity index (χ4n) is 4.03. The van der Waals surface area contributed by atoms with Gasteiger partial charge in [0.2, 0.25) is 11.8 Å². The van der Waals surface area contributed by atoms with E-state index in [2.05, 4.69) is 31.2 Å². The van der Waals surface area contributed by atoms with Gasteiger partial charge in [0.25, 0.3) is 0 Å². The number of carbonyl (C=O) groups is 3. The minimum Gasteiger partial charge on any atom is -0.461 e. The molecule has 0 bridgehead atoms. The van der Waals surface area contributed by atoms with Crippen molar-refractivity contribution in [3.05, 3.63) is 17.5 Å². The molecular formula is C23H38N4O4. The normalized spacial score (nSPS) is 16.3.